The zero-order valence-electron chi connectivity index (χ0n) is 33.0. The predicted octanol–water partition coefficient (Wildman–Crippen LogP) is 5.38. The molecule has 1 aromatic heterocycles. The molecule has 3 atom stereocenters. The van der Waals surface area contributed by atoms with Crippen LogP contribution in [0.25, 0.3) is 0 Å². The molecule has 1 saturated carbocycles. The normalized spacial score (nSPS) is 25.6. The van der Waals surface area contributed by atoms with Crippen LogP contribution in [0.4, 0.5) is 24.5 Å². The Morgan fingerprint density at radius 3 is 2.33 bits per heavy atom. The van der Waals surface area contributed by atoms with E-state index < -0.39 is 28.9 Å². The van der Waals surface area contributed by atoms with Gasteiger partial charge in [0, 0.05) is 56.5 Å². The number of anilines is 2. The van der Waals surface area contributed by atoms with Crippen LogP contribution in [0.3, 0.4) is 0 Å². The van der Waals surface area contributed by atoms with E-state index in [0.717, 1.165) is 61.6 Å². The second-order valence-electron chi connectivity index (χ2n) is 16.0. The molecule has 1 aliphatic carbocycles. The number of piperidine rings is 1. The summed E-state index contributed by atoms with van der Waals surface area (Å²) in [6.07, 6.45) is 0.845. The van der Waals surface area contributed by atoms with Crippen molar-refractivity contribution in [3.05, 3.63) is 53.3 Å². The number of aromatic nitrogens is 1. The zero-order chi connectivity index (χ0) is 41.2. The summed E-state index contributed by atoms with van der Waals surface area (Å²) in [6, 6.07) is 9.66. The van der Waals surface area contributed by atoms with Crippen LogP contribution >= 0.6 is 24.6 Å². The lowest BCUT2D eigenvalue weighted by Gasteiger charge is -2.44. The standard InChI is InChI=1S/C40H49F3N8O5S.ClH/c1-24-21-48(22-25(2)49(24)23-35(53)46-27-8-6-26(7-9-27)31-14-15-34(52)47-36(31)54)16-5-17-56-30-12-10-28(11-13-30)51-38(57)50(37(55)39(51,3)4)29-18-32(40(41,42)43)33(19-44)45-20-29;/h6-9,18,20,24-25,28,30-31H,5,10-17,21-23H2,1-4H3,(H,46,53)(H,47,52,54);1H/t24-,25+,28?,30?,31?;. The Kier molecular flexibility index (Phi) is 14.2. The number of piperazine rings is 1. The molecule has 3 saturated heterocycles. The molecule has 1 unspecified atom stereocenters. The van der Waals surface area contributed by atoms with Crippen LogP contribution in [0.5, 0.6) is 0 Å². The minimum atomic E-state index is -4.82. The van der Waals surface area contributed by atoms with Crippen LogP contribution in [0, 0.1) is 11.3 Å². The first-order valence-corrected chi connectivity index (χ1v) is 19.9. The molecule has 4 aliphatic rings. The van der Waals surface area contributed by atoms with Crippen molar-refractivity contribution >= 4 is 64.7 Å². The number of nitriles is 1. The summed E-state index contributed by atoms with van der Waals surface area (Å²) in [6.45, 7) is 11.0. The molecule has 4 heterocycles. The summed E-state index contributed by atoms with van der Waals surface area (Å²) < 4.78 is 47.3. The van der Waals surface area contributed by atoms with Gasteiger partial charge in [0.05, 0.1) is 36.0 Å². The van der Waals surface area contributed by atoms with Gasteiger partial charge < -0.3 is 19.9 Å². The van der Waals surface area contributed by atoms with Gasteiger partial charge in [-0.05, 0) is 102 Å². The highest BCUT2D eigenvalue weighted by Gasteiger charge is 2.53. The number of carbonyl (C=O) groups is 4. The molecule has 314 valence electrons. The Balaban J connectivity index is 0.00000641. The summed E-state index contributed by atoms with van der Waals surface area (Å²) in [7, 11) is 0. The number of pyridine rings is 1. The number of imide groups is 1. The van der Waals surface area contributed by atoms with Crippen molar-refractivity contribution < 1.29 is 37.1 Å². The number of alkyl halides is 3. The van der Waals surface area contributed by atoms with Gasteiger partial charge in [0.25, 0.3) is 5.91 Å². The van der Waals surface area contributed by atoms with Crippen molar-refractivity contribution in [1.82, 2.24) is 25.0 Å². The highest BCUT2D eigenvalue weighted by atomic mass is 35.5. The molecular weight excluding hydrogens is 797 g/mol. The van der Waals surface area contributed by atoms with Crippen molar-refractivity contribution in [2.24, 2.45) is 0 Å². The highest BCUT2D eigenvalue weighted by Crippen LogP contribution is 2.40. The maximum absolute atomic E-state index is 13.7. The van der Waals surface area contributed by atoms with E-state index in [1.807, 2.05) is 17.0 Å². The van der Waals surface area contributed by atoms with Crippen molar-refractivity contribution in [3.8, 4) is 6.07 Å². The predicted molar refractivity (Wildman–Crippen MR) is 216 cm³/mol. The van der Waals surface area contributed by atoms with Gasteiger partial charge in [-0.2, -0.15) is 18.4 Å². The van der Waals surface area contributed by atoms with Gasteiger partial charge in [-0.25, -0.2) is 4.98 Å². The van der Waals surface area contributed by atoms with E-state index in [-0.39, 0.29) is 77.6 Å². The number of carbonyl (C=O) groups excluding carboxylic acids is 4. The molecule has 0 radical (unpaired) electrons. The third kappa shape index (κ3) is 9.79. The van der Waals surface area contributed by atoms with E-state index in [1.165, 1.54) is 6.07 Å². The van der Waals surface area contributed by atoms with E-state index in [9.17, 15) is 32.3 Å². The summed E-state index contributed by atoms with van der Waals surface area (Å²) in [5.41, 5.74) is -1.72. The van der Waals surface area contributed by atoms with Gasteiger partial charge in [-0.1, -0.05) is 12.1 Å². The van der Waals surface area contributed by atoms with Crippen molar-refractivity contribution in [3.63, 3.8) is 0 Å². The van der Waals surface area contributed by atoms with Crippen LogP contribution in [0.2, 0.25) is 0 Å². The SMILES string of the molecule is C[C@@H]1CN(CCCOC2CCC(N3C(=S)N(c4cnc(C#N)c(C(F)(F)F)c4)C(=O)C3(C)C)CC2)C[C@H](C)N1CC(=O)Nc1ccc(C2CCC(=O)NC2=O)cc1.Cl. The Hall–Kier alpha value is -4.21. The number of ether oxygens (including phenoxy) is 1. The number of nitrogens with zero attached hydrogens (tertiary/aromatic N) is 6. The fourth-order valence-electron chi connectivity index (χ4n) is 8.68. The number of thiocarbonyl (C=S) groups is 1. The van der Waals surface area contributed by atoms with Gasteiger partial charge in [-0.15, -0.1) is 12.4 Å². The summed E-state index contributed by atoms with van der Waals surface area (Å²) in [5.74, 6) is -1.48. The summed E-state index contributed by atoms with van der Waals surface area (Å²) in [5, 5.41) is 14.6. The monoisotopic (exact) mass is 846 g/mol. The molecule has 0 bridgehead atoms. The number of halogens is 4. The van der Waals surface area contributed by atoms with Gasteiger partial charge in [0.1, 0.15) is 11.6 Å². The Morgan fingerprint density at radius 1 is 1.07 bits per heavy atom. The average Bonchev–Trinajstić information content (AvgIpc) is 3.33. The van der Waals surface area contributed by atoms with Crippen LogP contribution in [0.1, 0.15) is 95.4 Å². The van der Waals surface area contributed by atoms with Crippen LogP contribution in [0.15, 0.2) is 36.5 Å². The number of hydrogen-bond donors (Lipinski definition) is 2. The largest absolute Gasteiger partial charge is 0.419 e. The molecule has 2 N–H and O–H groups in total. The van der Waals surface area contributed by atoms with Gasteiger partial charge in [0.15, 0.2) is 10.8 Å². The lowest BCUT2D eigenvalue weighted by Crippen LogP contribution is -2.58. The molecule has 58 heavy (non-hydrogen) atoms. The quantitative estimate of drug-likeness (QED) is 0.171. The molecule has 4 amide bonds. The Labute approximate surface area is 348 Å². The summed E-state index contributed by atoms with van der Waals surface area (Å²) >= 11 is 5.71. The zero-order valence-corrected chi connectivity index (χ0v) is 34.6. The van der Waals surface area contributed by atoms with Gasteiger partial charge in [0.2, 0.25) is 17.7 Å². The lowest BCUT2D eigenvalue weighted by atomic mass is 9.89. The van der Waals surface area contributed by atoms with E-state index in [2.05, 4.69) is 39.3 Å². The number of amides is 4. The van der Waals surface area contributed by atoms with Crippen molar-refractivity contribution in [2.45, 2.75) is 115 Å². The van der Waals surface area contributed by atoms with E-state index in [1.54, 1.807) is 26.0 Å². The van der Waals surface area contributed by atoms with E-state index >= 15 is 0 Å². The van der Waals surface area contributed by atoms with Crippen LogP contribution < -0.4 is 15.5 Å². The minimum Gasteiger partial charge on any atom is -0.378 e. The molecule has 18 heteroatoms. The molecule has 2 aromatic rings. The van der Waals surface area contributed by atoms with Crippen LogP contribution in [-0.4, -0.2) is 111 Å². The molecule has 0 spiro atoms. The second kappa shape index (κ2) is 18.4. The second-order valence-corrected chi connectivity index (χ2v) is 16.4. The molecule has 13 nitrogen and oxygen atoms in total. The number of rotatable bonds is 11. The first-order chi connectivity index (χ1) is 27.0. The molecule has 3 aliphatic heterocycles. The van der Waals surface area contributed by atoms with E-state index in [4.69, 9.17) is 22.2 Å². The Morgan fingerprint density at radius 2 is 1.72 bits per heavy atom. The highest BCUT2D eigenvalue weighted by molar-refractivity contribution is 7.80. The lowest BCUT2D eigenvalue weighted by molar-refractivity contribution is -0.138. The molecule has 6 rings (SSSR count). The maximum atomic E-state index is 13.7. The first-order valence-electron chi connectivity index (χ1n) is 19.5. The molecule has 4 fully saturated rings. The van der Waals surface area contributed by atoms with Crippen molar-refractivity contribution in [2.75, 3.05) is 43.0 Å². The fourth-order valence-corrected chi connectivity index (χ4v) is 9.24. The third-order valence-corrected chi connectivity index (χ3v) is 12.0. The molecule has 1 aromatic carbocycles. The van der Waals surface area contributed by atoms with Gasteiger partial charge >= 0.3 is 6.18 Å². The number of hydrogen-bond acceptors (Lipinski definition) is 10. The maximum Gasteiger partial charge on any atom is 0.419 e. The van der Waals surface area contributed by atoms with Crippen LogP contribution in [-0.2, 0) is 30.1 Å². The van der Waals surface area contributed by atoms with Gasteiger partial charge in [-0.3, -0.25) is 34.3 Å². The summed E-state index contributed by atoms with van der Waals surface area (Å²) in [4.78, 5) is 61.5. The topological polar surface area (TPSA) is 151 Å². The molecular formula is C40H50ClF3N8O5S. The number of benzene rings is 1. The van der Waals surface area contributed by atoms with Crippen molar-refractivity contribution in [1.29, 1.82) is 5.26 Å². The third-order valence-electron chi connectivity index (χ3n) is 11.6. The average molecular weight is 847 g/mol. The fraction of sp³-hybridized carbons (Fsp3) is 0.575. The minimum absolute atomic E-state index is 0. The number of nitrogens with one attached hydrogen (secondary N) is 2. The smallest absolute Gasteiger partial charge is 0.378 e. The van der Waals surface area contributed by atoms with E-state index in [0.29, 0.717) is 38.0 Å². The Bertz CT molecular complexity index is 1910. The first kappa shape index (κ1) is 44.9.